The average Bonchev–Trinajstić information content (AvgIpc) is 2.28. The number of anilines is 1. The fraction of sp³-hybridized carbons (Fsp3) is 0.0833. The van der Waals surface area contributed by atoms with E-state index in [1.54, 1.807) is 24.3 Å². The van der Waals surface area contributed by atoms with Gasteiger partial charge in [0, 0.05) is 16.5 Å². The lowest BCUT2D eigenvalue weighted by Gasteiger charge is -2.09. The molecule has 2 aromatic rings. The molecule has 4 nitrogen and oxygen atoms in total. The van der Waals surface area contributed by atoms with Gasteiger partial charge in [-0.3, -0.25) is 0 Å². The van der Waals surface area contributed by atoms with E-state index >= 15 is 0 Å². The topological polar surface area (TPSA) is 72.5 Å². The quantitative estimate of drug-likeness (QED) is 0.756. The molecule has 0 amide bonds. The predicted octanol–water partition coefficient (Wildman–Crippen LogP) is 2.13. The molecule has 0 bridgehead atoms. The lowest BCUT2D eigenvalue weighted by Crippen LogP contribution is -2.00. The maximum atomic E-state index is 11.1. The van der Waals surface area contributed by atoms with Crippen LogP contribution in [0, 0.1) is 0 Å². The second-order valence-corrected chi connectivity index (χ2v) is 3.39. The molecule has 0 unspecified atom stereocenters. The summed E-state index contributed by atoms with van der Waals surface area (Å²) < 4.78 is 5.15. The Labute approximate surface area is 92.3 Å². The van der Waals surface area contributed by atoms with Gasteiger partial charge in [-0.05, 0) is 18.2 Å². The van der Waals surface area contributed by atoms with E-state index in [9.17, 15) is 4.79 Å². The number of nitrogen functional groups attached to an aromatic ring is 1. The van der Waals surface area contributed by atoms with E-state index in [4.69, 9.17) is 15.6 Å². The van der Waals surface area contributed by atoms with Crippen LogP contribution in [0.3, 0.4) is 0 Å². The monoisotopic (exact) mass is 217 g/mol. The van der Waals surface area contributed by atoms with Crippen LogP contribution in [0.4, 0.5) is 5.69 Å². The minimum absolute atomic E-state index is 0.196. The second-order valence-electron chi connectivity index (χ2n) is 3.39. The standard InChI is InChI=1S/C12H11NO3/c1-16-10-4-2-3-7-9(13)6-5-8(11(7)10)12(14)15/h2-6H,13H2,1H3,(H,14,15). The Morgan fingerprint density at radius 3 is 2.69 bits per heavy atom. The van der Waals surface area contributed by atoms with Gasteiger partial charge in [-0.2, -0.15) is 0 Å². The van der Waals surface area contributed by atoms with E-state index in [0.717, 1.165) is 0 Å². The molecule has 0 radical (unpaired) electrons. The predicted molar refractivity (Wildman–Crippen MR) is 61.9 cm³/mol. The maximum absolute atomic E-state index is 11.1. The summed E-state index contributed by atoms with van der Waals surface area (Å²) in [7, 11) is 1.50. The van der Waals surface area contributed by atoms with Gasteiger partial charge in [-0.25, -0.2) is 4.79 Å². The molecule has 0 aliphatic carbocycles. The van der Waals surface area contributed by atoms with Crippen molar-refractivity contribution in [1.29, 1.82) is 0 Å². The van der Waals surface area contributed by atoms with Crippen LogP contribution in [0.25, 0.3) is 10.8 Å². The van der Waals surface area contributed by atoms with Crippen molar-refractivity contribution in [1.82, 2.24) is 0 Å². The molecule has 2 aromatic carbocycles. The van der Waals surface area contributed by atoms with Gasteiger partial charge in [-0.15, -0.1) is 0 Å². The first-order valence-corrected chi connectivity index (χ1v) is 4.73. The first-order chi connectivity index (χ1) is 7.65. The molecule has 16 heavy (non-hydrogen) atoms. The van der Waals surface area contributed by atoms with E-state index in [1.807, 2.05) is 0 Å². The average molecular weight is 217 g/mol. The zero-order valence-corrected chi connectivity index (χ0v) is 8.73. The van der Waals surface area contributed by atoms with E-state index in [2.05, 4.69) is 0 Å². The smallest absolute Gasteiger partial charge is 0.336 e. The lowest BCUT2D eigenvalue weighted by molar-refractivity contribution is 0.0699. The molecule has 0 saturated heterocycles. The second kappa shape index (κ2) is 3.73. The van der Waals surface area contributed by atoms with Crippen molar-refractivity contribution >= 4 is 22.4 Å². The highest BCUT2D eigenvalue weighted by molar-refractivity contribution is 6.10. The summed E-state index contributed by atoms with van der Waals surface area (Å²) in [6.45, 7) is 0. The largest absolute Gasteiger partial charge is 0.496 e. The first kappa shape index (κ1) is 10.3. The highest BCUT2D eigenvalue weighted by Gasteiger charge is 2.13. The van der Waals surface area contributed by atoms with Crippen molar-refractivity contribution in [2.24, 2.45) is 0 Å². The van der Waals surface area contributed by atoms with Crippen LogP contribution in [0.1, 0.15) is 10.4 Å². The minimum atomic E-state index is -0.991. The number of hydrogen-bond acceptors (Lipinski definition) is 3. The van der Waals surface area contributed by atoms with Crippen LogP contribution in [-0.2, 0) is 0 Å². The van der Waals surface area contributed by atoms with E-state index in [-0.39, 0.29) is 5.56 Å². The number of nitrogens with two attached hydrogens (primary N) is 1. The maximum Gasteiger partial charge on any atom is 0.336 e. The molecule has 0 spiro atoms. The first-order valence-electron chi connectivity index (χ1n) is 4.73. The molecule has 2 rings (SSSR count). The summed E-state index contributed by atoms with van der Waals surface area (Å²) in [5.41, 5.74) is 6.54. The molecule has 0 aliphatic rings. The number of hydrogen-bond donors (Lipinski definition) is 2. The number of benzene rings is 2. The molecule has 0 atom stereocenters. The van der Waals surface area contributed by atoms with Crippen molar-refractivity contribution < 1.29 is 14.6 Å². The van der Waals surface area contributed by atoms with Gasteiger partial charge in [0.2, 0.25) is 0 Å². The van der Waals surface area contributed by atoms with E-state index in [1.165, 1.54) is 13.2 Å². The molecule has 82 valence electrons. The third-order valence-electron chi connectivity index (χ3n) is 2.49. The van der Waals surface area contributed by atoms with Crippen LogP contribution in [0.5, 0.6) is 5.75 Å². The van der Waals surface area contributed by atoms with Crippen molar-refractivity contribution in [3.8, 4) is 5.75 Å². The summed E-state index contributed by atoms with van der Waals surface area (Å²) in [4.78, 5) is 11.1. The highest BCUT2D eigenvalue weighted by atomic mass is 16.5. The highest BCUT2D eigenvalue weighted by Crippen LogP contribution is 2.32. The molecule has 0 aromatic heterocycles. The number of carboxylic acid groups (broad SMARTS) is 1. The SMILES string of the molecule is COc1cccc2c(N)ccc(C(=O)O)c12. The Balaban J connectivity index is 2.93. The normalized spacial score (nSPS) is 10.3. The molecule has 3 N–H and O–H groups in total. The Morgan fingerprint density at radius 1 is 1.31 bits per heavy atom. The molecule has 0 saturated carbocycles. The number of rotatable bonds is 2. The number of ether oxygens (including phenoxy) is 1. The van der Waals surface area contributed by atoms with Gasteiger partial charge in [0.05, 0.1) is 12.7 Å². The molecule has 0 aliphatic heterocycles. The summed E-state index contributed by atoms with van der Waals surface area (Å²) in [6, 6.07) is 8.35. The third kappa shape index (κ3) is 1.44. The van der Waals surface area contributed by atoms with E-state index < -0.39 is 5.97 Å². The summed E-state index contributed by atoms with van der Waals surface area (Å²) >= 11 is 0. The Bertz CT molecular complexity index is 563. The molecular weight excluding hydrogens is 206 g/mol. The summed E-state index contributed by atoms with van der Waals surface area (Å²) in [6.07, 6.45) is 0. The Kier molecular flexibility index (Phi) is 2.40. The number of methoxy groups -OCH3 is 1. The van der Waals surface area contributed by atoms with Crippen molar-refractivity contribution in [3.63, 3.8) is 0 Å². The molecule has 0 heterocycles. The van der Waals surface area contributed by atoms with Gasteiger partial charge in [-0.1, -0.05) is 12.1 Å². The van der Waals surface area contributed by atoms with Gasteiger partial charge in [0.15, 0.2) is 0 Å². The van der Waals surface area contributed by atoms with E-state index in [0.29, 0.717) is 22.2 Å². The number of carboxylic acids is 1. The van der Waals surface area contributed by atoms with Crippen LogP contribution in [-0.4, -0.2) is 18.2 Å². The number of carbonyl (C=O) groups is 1. The summed E-state index contributed by atoms with van der Waals surface area (Å²) in [5.74, 6) is -0.475. The van der Waals surface area contributed by atoms with Crippen LogP contribution in [0.15, 0.2) is 30.3 Å². The lowest BCUT2D eigenvalue weighted by atomic mass is 10.0. The van der Waals surface area contributed by atoms with Crippen LogP contribution >= 0.6 is 0 Å². The fourth-order valence-electron chi connectivity index (χ4n) is 1.74. The Morgan fingerprint density at radius 2 is 2.06 bits per heavy atom. The van der Waals surface area contributed by atoms with Crippen LogP contribution in [0.2, 0.25) is 0 Å². The molecule has 4 heteroatoms. The van der Waals surface area contributed by atoms with Gasteiger partial charge >= 0.3 is 5.97 Å². The number of fused-ring (bicyclic) bond motifs is 1. The molecular formula is C12H11NO3. The van der Waals surface area contributed by atoms with Crippen molar-refractivity contribution in [3.05, 3.63) is 35.9 Å². The van der Waals surface area contributed by atoms with Gasteiger partial charge < -0.3 is 15.6 Å². The fourth-order valence-corrected chi connectivity index (χ4v) is 1.74. The summed E-state index contributed by atoms with van der Waals surface area (Å²) in [5, 5.41) is 10.3. The molecule has 0 fully saturated rings. The van der Waals surface area contributed by atoms with Gasteiger partial charge in [0.1, 0.15) is 5.75 Å². The Hall–Kier alpha value is -2.23. The number of aromatic carboxylic acids is 1. The minimum Gasteiger partial charge on any atom is -0.496 e. The van der Waals surface area contributed by atoms with Crippen LogP contribution < -0.4 is 10.5 Å². The zero-order chi connectivity index (χ0) is 11.7. The van der Waals surface area contributed by atoms with Gasteiger partial charge in [0.25, 0.3) is 0 Å². The third-order valence-corrected chi connectivity index (χ3v) is 2.49. The zero-order valence-electron chi connectivity index (χ0n) is 8.73. The van der Waals surface area contributed by atoms with Crippen molar-refractivity contribution in [2.45, 2.75) is 0 Å². The van der Waals surface area contributed by atoms with Crippen molar-refractivity contribution in [2.75, 3.05) is 12.8 Å².